The van der Waals surface area contributed by atoms with Crippen molar-refractivity contribution in [3.63, 3.8) is 0 Å². The van der Waals surface area contributed by atoms with Crippen molar-refractivity contribution in [2.75, 3.05) is 44.2 Å². The molecule has 0 aliphatic carbocycles. The number of aryl methyl sites for hydroxylation is 1. The van der Waals surface area contributed by atoms with Gasteiger partial charge in [-0.3, -0.25) is 24.2 Å². The Kier molecular flexibility index (Phi) is 9.32. The SMILES string of the molecule is CCCCN(C(=O)c1ccc(F)c(F)c1)c1nc2n(c1C(=O)N1CCN(CC(=O)NC(C)C)CC1)CCCC2. The van der Waals surface area contributed by atoms with E-state index >= 15 is 0 Å². The fourth-order valence-corrected chi connectivity index (χ4v) is 5.10. The van der Waals surface area contributed by atoms with Crippen LogP contribution in [0.1, 0.15) is 73.1 Å². The first kappa shape index (κ1) is 28.7. The zero-order valence-corrected chi connectivity index (χ0v) is 23.0. The molecule has 2 aromatic rings. The molecule has 3 heterocycles. The maximum atomic E-state index is 14.0. The van der Waals surface area contributed by atoms with Gasteiger partial charge in [0.2, 0.25) is 5.91 Å². The highest BCUT2D eigenvalue weighted by Crippen LogP contribution is 2.29. The molecule has 1 aromatic heterocycles. The number of hydrogen-bond donors (Lipinski definition) is 1. The van der Waals surface area contributed by atoms with Crippen LogP contribution in [0.4, 0.5) is 14.6 Å². The Balaban J connectivity index is 1.61. The Morgan fingerprint density at radius 2 is 1.79 bits per heavy atom. The number of benzene rings is 1. The van der Waals surface area contributed by atoms with E-state index in [0.717, 1.165) is 37.2 Å². The van der Waals surface area contributed by atoms with Gasteiger partial charge in [-0.15, -0.1) is 0 Å². The standard InChI is InChI=1S/C28H38F2N6O3/c1-4-5-11-36(27(38)20-9-10-21(29)22(30)17-20)26-25(35-12-7-6-8-23(35)32-26)28(39)34-15-13-33(14-16-34)18-24(37)31-19(2)3/h9-10,17,19H,4-8,11-16,18H2,1-3H3,(H,31,37). The van der Waals surface area contributed by atoms with E-state index in [1.165, 1.54) is 11.0 Å². The van der Waals surface area contributed by atoms with Crippen molar-refractivity contribution in [1.29, 1.82) is 0 Å². The number of piperazine rings is 1. The minimum atomic E-state index is -1.10. The van der Waals surface area contributed by atoms with Crippen LogP contribution < -0.4 is 10.2 Å². The molecule has 4 rings (SSSR count). The Morgan fingerprint density at radius 1 is 1.05 bits per heavy atom. The number of halogens is 2. The molecule has 0 radical (unpaired) electrons. The van der Waals surface area contributed by atoms with E-state index in [-0.39, 0.29) is 35.8 Å². The summed E-state index contributed by atoms with van der Waals surface area (Å²) in [5.74, 6) is -1.87. The number of anilines is 1. The summed E-state index contributed by atoms with van der Waals surface area (Å²) in [5.41, 5.74) is 0.366. The van der Waals surface area contributed by atoms with Gasteiger partial charge < -0.3 is 14.8 Å². The van der Waals surface area contributed by atoms with Crippen LogP contribution in [0.5, 0.6) is 0 Å². The molecule has 0 spiro atoms. The number of hydrogen-bond acceptors (Lipinski definition) is 5. The van der Waals surface area contributed by atoms with Crippen molar-refractivity contribution in [3.8, 4) is 0 Å². The molecule has 1 saturated heterocycles. The monoisotopic (exact) mass is 544 g/mol. The van der Waals surface area contributed by atoms with Crippen molar-refractivity contribution in [2.24, 2.45) is 0 Å². The van der Waals surface area contributed by atoms with Gasteiger partial charge in [-0.25, -0.2) is 13.8 Å². The van der Waals surface area contributed by atoms with Gasteiger partial charge in [0.1, 0.15) is 5.82 Å². The molecule has 39 heavy (non-hydrogen) atoms. The van der Waals surface area contributed by atoms with Crippen molar-refractivity contribution >= 4 is 23.5 Å². The molecule has 11 heteroatoms. The van der Waals surface area contributed by atoms with E-state index in [1.54, 1.807) is 4.90 Å². The predicted molar refractivity (Wildman–Crippen MR) is 144 cm³/mol. The molecule has 0 atom stereocenters. The number of unbranched alkanes of at least 4 members (excludes halogenated alkanes) is 1. The van der Waals surface area contributed by atoms with E-state index in [0.29, 0.717) is 57.8 Å². The maximum absolute atomic E-state index is 14.0. The number of rotatable bonds is 9. The summed E-state index contributed by atoms with van der Waals surface area (Å²) in [7, 11) is 0. The van der Waals surface area contributed by atoms with Gasteiger partial charge in [0.25, 0.3) is 11.8 Å². The minimum absolute atomic E-state index is 0.00247. The Labute approximate surface area is 228 Å². The molecule has 2 aliphatic heterocycles. The summed E-state index contributed by atoms with van der Waals surface area (Å²) in [6.07, 6.45) is 3.98. The van der Waals surface area contributed by atoms with Gasteiger partial charge in [0, 0.05) is 57.3 Å². The third-order valence-corrected chi connectivity index (χ3v) is 7.14. The van der Waals surface area contributed by atoms with Gasteiger partial charge in [-0.1, -0.05) is 13.3 Å². The summed E-state index contributed by atoms with van der Waals surface area (Å²) in [5, 5.41) is 2.89. The van der Waals surface area contributed by atoms with Gasteiger partial charge in [-0.05, 0) is 51.3 Å². The highest BCUT2D eigenvalue weighted by Gasteiger charge is 2.34. The third-order valence-electron chi connectivity index (χ3n) is 7.14. The molecular weight excluding hydrogens is 506 g/mol. The summed E-state index contributed by atoms with van der Waals surface area (Å²) in [6.45, 7) is 9.02. The quantitative estimate of drug-likeness (QED) is 0.524. The van der Waals surface area contributed by atoms with Crippen LogP contribution in [0.15, 0.2) is 18.2 Å². The average molecular weight is 545 g/mol. The highest BCUT2D eigenvalue weighted by atomic mass is 19.2. The summed E-state index contributed by atoms with van der Waals surface area (Å²) >= 11 is 0. The normalized spacial score (nSPS) is 15.8. The number of carbonyl (C=O) groups is 3. The van der Waals surface area contributed by atoms with Crippen molar-refractivity contribution in [2.45, 2.75) is 65.5 Å². The number of amides is 3. The molecule has 212 valence electrons. The van der Waals surface area contributed by atoms with Crippen LogP contribution in [-0.2, 0) is 17.8 Å². The second-order valence-electron chi connectivity index (χ2n) is 10.5. The molecule has 1 fully saturated rings. The highest BCUT2D eigenvalue weighted by molar-refractivity contribution is 6.09. The lowest BCUT2D eigenvalue weighted by Crippen LogP contribution is -2.52. The number of imidazole rings is 1. The summed E-state index contributed by atoms with van der Waals surface area (Å²) in [4.78, 5) is 49.8. The van der Waals surface area contributed by atoms with Crippen molar-refractivity contribution < 1.29 is 23.2 Å². The zero-order chi connectivity index (χ0) is 28.1. The first-order valence-electron chi connectivity index (χ1n) is 13.9. The molecule has 3 amide bonds. The van der Waals surface area contributed by atoms with Gasteiger partial charge in [0.15, 0.2) is 23.1 Å². The predicted octanol–water partition coefficient (Wildman–Crippen LogP) is 3.23. The second-order valence-corrected chi connectivity index (χ2v) is 10.5. The average Bonchev–Trinajstić information content (AvgIpc) is 3.29. The molecule has 2 aliphatic rings. The maximum Gasteiger partial charge on any atom is 0.274 e. The lowest BCUT2D eigenvalue weighted by Gasteiger charge is -2.35. The van der Waals surface area contributed by atoms with Crippen LogP contribution in [-0.4, -0.2) is 82.4 Å². The summed E-state index contributed by atoms with van der Waals surface area (Å²) < 4.78 is 29.5. The molecular formula is C28H38F2N6O3. The third kappa shape index (κ3) is 6.63. The molecule has 0 saturated carbocycles. The first-order chi connectivity index (χ1) is 18.7. The molecule has 0 bridgehead atoms. The number of fused-ring (bicyclic) bond motifs is 1. The fourth-order valence-electron chi connectivity index (χ4n) is 5.10. The van der Waals surface area contributed by atoms with Crippen LogP contribution in [0.2, 0.25) is 0 Å². The number of nitrogens with zero attached hydrogens (tertiary/aromatic N) is 5. The number of aromatic nitrogens is 2. The van der Waals surface area contributed by atoms with Crippen molar-refractivity contribution in [3.05, 3.63) is 46.9 Å². The van der Waals surface area contributed by atoms with Crippen molar-refractivity contribution in [1.82, 2.24) is 24.7 Å². The van der Waals surface area contributed by atoms with Crippen LogP contribution in [0.3, 0.4) is 0 Å². The van der Waals surface area contributed by atoms with Gasteiger partial charge >= 0.3 is 0 Å². The second kappa shape index (κ2) is 12.7. The molecule has 1 aromatic carbocycles. The lowest BCUT2D eigenvalue weighted by molar-refractivity contribution is -0.123. The molecule has 1 N–H and O–H groups in total. The summed E-state index contributed by atoms with van der Waals surface area (Å²) in [6, 6.07) is 3.15. The van der Waals surface area contributed by atoms with E-state index in [4.69, 9.17) is 4.98 Å². The van der Waals surface area contributed by atoms with E-state index in [1.807, 2.05) is 30.2 Å². The molecule has 0 unspecified atom stereocenters. The van der Waals surface area contributed by atoms with E-state index < -0.39 is 17.5 Å². The first-order valence-corrected chi connectivity index (χ1v) is 13.9. The van der Waals surface area contributed by atoms with Crippen LogP contribution in [0.25, 0.3) is 0 Å². The van der Waals surface area contributed by atoms with Crippen LogP contribution >= 0.6 is 0 Å². The smallest absolute Gasteiger partial charge is 0.274 e. The van der Waals surface area contributed by atoms with Gasteiger partial charge in [0.05, 0.1) is 6.54 Å². The largest absolute Gasteiger partial charge is 0.353 e. The zero-order valence-electron chi connectivity index (χ0n) is 23.0. The lowest BCUT2D eigenvalue weighted by atomic mass is 10.1. The minimum Gasteiger partial charge on any atom is -0.353 e. The van der Waals surface area contributed by atoms with E-state index in [2.05, 4.69) is 5.32 Å². The van der Waals surface area contributed by atoms with Gasteiger partial charge in [-0.2, -0.15) is 0 Å². The Morgan fingerprint density at radius 3 is 2.46 bits per heavy atom. The fraction of sp³-hybridized carbons (Fsp3) is 0.571. The number of carbonyl (C=O) groups excluding carboxylic acids is 3. The van der Waals surface area contributed by atoms with Crippen LogP contribution in [0, 0.1) is 11.6 Å². The Hall–Kier alpha value is -3.34. The number of nitrogens with one attached hydrogen (secondary N) is 1. The molecule has 9 nitrogen and oxygen atoms in total. The Bertz CT molecular complexity index is 1210. The van der Waals surface area contributed by atoms with E-state index in [9.17, 15) is 23.2 Å². The topological polar surface area (TPSA) is 90.8 Å².